The summed E-state index contributed by atoms with van der Waals surface area (Å²) in [6.07, 6.45) is 15.7. The van der Waals surface area contributed by atoms with Crippen molar-refractivity contribution in [3.05, 3.63) is 93.0 Å². The number of likely N-dealkylation sites (tertiary alicyclic amines) is 2. The number of halogens is 2. The average Bonchev–Trinajstić information content (AvgIpc) is 3.31. The highest BCUT2D eigenvalue weighted by Crippen LogP contribution is 2.44. The second-order valence-corrected chi connectivity index (χ2v) is 19.0. The maximum atomic E-state index is 10.7. The standard InChI is InChI=1S/C16H23N3O2.C16H25N3.C15H21N3O2.I2/c1-17-10-6-16(7-11-17)8-12-18(13-9-16)14-2-4-15(5-3-14)19(20)21;1-18-10-6-16(7-11-18)8-12-19(13-9-16)15-4-2-14(17)3-5-15;19-18(20)14-3-1-13(2-4-14)17-11-7-15(8-12-17)5-9-16-10-6-15;1-2/h2-5H,6-13H2,1H3;2-5H,6-13,17H2,1H3;1-4,16H,5-12H2;. The molecular weight excluding hydrogens is 1010 g/mol. The first-order valence-electron chi connectivity index (χ1n) is 22.8. The van der Waals surface area contributed by atoms with Gasteiger partial charge < -0.3 is 35.6 Å². The Morgan fingerprint density at radius 2 is 0.726 bits per heavy atom. The second kappa shape index (κ2) is 22.8. The summed E-state index contributed by atoms with van der Waals surface area (Å²) in [6.45, 7) is 14.0. The van der Waals surface area contributed by atoms with Crippen LogP contribution in [0.15, 0.2) is 72.8 Å². The Hall–Kier alpha value is -3.00. The summed E-state index contributed by atoms with van der Waals surface area (Å²) in [4.78, 5) is 32.8. The lowest BCUT2D eigenvalue weighted by atomic mass is 9.71. The molecule has 0 unspecified atom stereocenters. The number of non-ortho nitro benzene ring substituents is 2. The van der Waals surface area contributed by atoms with E-state index in [0.29, 0.717) is 16.2 Å². The Labute approximate surface area is 393 Å². The monoisotopic (exact) mass is 1080 g/mol. The van der Waals surface area contributed by atoms with Crippen LogP contribution in [0, 0.1) is 36.5 Å². The number of nitrogens with zero attached hydrogens (tertiary/aromatic N) is 7. The molecule has 3 N–H and O–H groups in total. The number of hydrogen-bond acceptors (Lipinski definition) is 11. The summed E-state index contributed by atoms with van der Waals surface area (Å²) >= 11 is 4.24. The average molecular weight is 1080 g/mol. The van der Waals surface area contributed by atoms with E-state index >= 15 is 0 Å². The van der Waals surface area contributed by atoms with Gasteiger partial charge in [0.15, 0.2) is 0 Å². The van der Waals surface area contributed by atoms with Crippen molar-refractivity contribution >= 4 is 71.4 Å². The van der Waals surface area contributed by atoms with Gasteiger partial charge in [0.2, 0.25) is 0 Å². The van der Waals surface area contributed by atoms with E-state index in [4.69, 9.17) is 5.73 Å². The first-order valence-corrected chi connectivity index (χ1v) is 29.0. The van der Waals surface area contributed by atoms with Crippen molar-refractivity contribution in [1.29, 1.82) is 0 Å². The molecule has 13 nitrogen and oxygen atoms in total. The number of anilines is 4. The number of piperidine rings is 6. The van der Waals surface area contributed by atoms with Crippen LogP contribution in [0.5, 0.6) is 0 Å². The molecule has 15 heteroatoms. The molecule has 0 aromatic heterocycles. The largest absolute Gasteiger partial charge is 0.399 e. The zero-order valence-corrected chi connectivity index (χ0v) is 41.3. The fourth-order valence-corrected chi connectivity index (χ4v) is 10.6. The minimum absolute atomic E-state index is 0.167. The zero-order chi connectivity index (χ0) is 44.2. The third kappa shape index (κ3) is 13.1. The minimum atomic E-state index is -0.343. The number of benzene rings is 3. The molecule has 0 radical (unpaired) electrons. The van der Waals surface area contributed by atoms with E-state index in [-0.39, 0.29) is 21.2 Å². The maximum absolute atomic E-state index is 10.7. The molecule has 0 aliphatic carbocycles. The fraction of sp³-hybridized carbons (Fsp3) is 0.617. The van der Waals surface area contributed by atoms with Crippen molar-refractivity contribution in [2.75, 3.05) is 113 Å². The topological polar surface area (TPSA) is 141 Å². The van der Waals surface area contributed by atoms with Gasteiger partial charge in [0.25, 0.3) is 11.4 Å². The lowest BCUT2D eigenvalue weighted by molar-refractivity contribution is -0.385. The summed E-state index contributed by atoms with van der Waals surface area (Å²) in [7, 11) is 4.45. The van der Waals surface area contributed by atoms with Crippen LogP contribution in [0.2, 0.25) is 0 Å². The van der Waals surface area contributed by atoms with E-state index in [9.17, 15) is 20.2 Å². The predicted octanol–water partition coefficient (Wildman–Crippen LogP) is 9.82. The Balaban J connectivity index is 0.000000152. The van der Waals surface area contributed by atoms with Gasteiger partial charge in [-0.15, -0.1) is 0 Å². The number of hydrogen-bond donors (Lipinski definition) is 2. The number of nitro benzene ring substituents is 2. The van der Waals surface area contributed by atoms with Gasteiger partial charge in [-0.2, -0.15) is 0 Å². The lowest BCUT2D eigenvalue weighted by Crippen LogP contribution is -2.46. The highest BCUT2D eigenvalue weighted by Gasteiger charge is 2.39. The summed E-state index contributed by atoms with van der Waals surface area (Å²) in [6, 6.07) is 22.3. The van der Waals surface area contributed by atoms with Crippen LogP contribution in [0.3, 0.4) is 0 Å². The van der Waals surface area contributed by atoms with Gasteiger partial charge in [0, 0.05) is 124 Å². The Morgan fingerprint density at radius 1 is 0.468 bits per heavy atom. The highest BCUT2D eigenvalue weighted by molar-refractivity contribution is 15.0. The molecule has 6 aliphatic rings. The van der Waals surface area contributed by atoms with Gasteiger partial charge in [0.05, 0.1) is 9.85 Å². The van der Waals surface area contributed by atoms with Crippen molar-refractivity contribution in [2.24, 2.45) is 16.2 Å². The lowest BCUT2D eigenvalue weighted by Gasteiger charge is -2.46. The van der Waals surface area contributed by atoms with E-state index in [2.05, 4.69) is 93.3 Å². The first kappa shape index (κ1) is 48.5. The Morgan fingerprint density at radius 3 is 1.02 bits per heavy atom. The SMILES string of the molecule is CN1CCC2(CC1)CCN(c1ccc(N)cc1)CC2.CN1CCC2(CC1)CCN(c1ccc([N+](=O)[O-])cc1)CC2.II.O=[N+]([O-])c1ccc(N2CCC3(CCNCC3)CC2)cc1. The summed E-state index contributed by atoms with van der Waals surface area (Å²) < 4.78 is 0. The van der Waals surface area contributed by atoms with Crippen molar-refractivity contribution in [1.82, 2.24) is 15.1 Å². The number of nitro groups is 2. The number of nitrogens with one attached hydrogen (secondary N) is 1. The quantitative estimate of drug-likeness (QED) is 0.109. The fourth-order valence-electron chi connectivity index (χ4n) is 10.6. The molecule has 62 heavy (non-hydrogen) atoms. The zero-order valence-electron chi connectivity index (χ0n) is 37.0. The van der Waals surface area contributed by atoms with Crippen molar-refractivity contribution in [3.63, 3.8) is 0 Å². The smallest absolute Gasteiger partial charge is 0.269 e. The predicted molar refractivity (Wildman–Crippen MR) is 272 cm³/mol. The molecule has 6 heterocycles. The molecule has 6 fully saturated rings. The molecule has 0 saturated carbocycles. The molecule has 0 amide bonds. The van der Waals surface area contributed by atoms with Gasteiger partial charge in [-0.05, 0) is 195 Å². The molecular formula is C47H69I2N9O4. The van der Waals surface area contributed by atoms with Gasteiger partial charge >= 0.3 is 0 Å². The van der Waals surface area contributed by atoms with Gasteiger partial charge in [-0.25, -0.2) is 0 Å². The minimum Gasteiger partial charge on any atom is -0.399 e. The molecule has 9 rings (SSSR count). The third-order valence-electron chi connectivity index (χ3n) is 15.3. The number of nitrogen functional groups attached to an aromatic ring is 1. The van der Waals surface area contributed by atoms with Crippen LogP contribution < -0.4 is 25.8 Å². The third-order valence-corrected chi connectivity index (χ3v) is 15.3. The molecule has 3 aromatic rings. The molecule has 3 aromatic carbocycles. The molecule has 0 atom stereocenters. The van der Waals surface area contributed by atoms with Gasteiger partial charge in [0.1, 0.15) is 0 Å². The van der Waals surface area contributed by atoms with E-state index in [0.717, 1.165) is 56.3 Å². The van der Waals surface area contributed by atoms with Crippen LogP contribution in [-0.4, -0.2) is 112 Å². The molecule has 6 aliphatic heterocycles. The molecule has 6 saturated heterocycles. The van der Waals surface area contributed by atoms with Crippen molar-refractivity contribution in [2.45, 2.75) is 77.0 Å². The molecule has 0 bridgehead atoms. The number of nitrogens with two attached hydrogens (primary N) is 1. The van der Waals surface area contributed by atoms with E-state index in [1.54, 1.807) is 24.3 Å². The van der Waals surface area contributed by atoms with E-state index < -0.39 is 0 Å². The van der Waals surface area contributed by atoms with Gasteiger partial charge in [-0.1, -0.05) is 0 Å². The van der Waals surface area contributed by atoms with E-state index in [1.807, 2.05) is 36.4 Å². The molecule has 3 spiro atoms. The van der Waals surface area contributed by atoms with Crippen LogP contribution in [-0.2, 0) is 0 Å². The Bertz CT molecular complexity index is 1820. The van der Waals surface area contributed by atoms with Crippen LogP contribution >= 0.6 is 37.2 Å². The normalized spacial score (nSPS) is 22.0. The molecule has 340 valence electrons. The van der Waals surface area contributed by atoms with Gasteiger partial charge in [-0.3, -0.25) is 20.2 Å². The highest BCUT2D eigenvalue weighted by atomic mass is 128. The summed E-state index contributed by atoms with van der Waals surface area (Å²) in [5.41, 5.74) is 12.2. The second-order valence-electron chi connectivity index (χ2n) is 19.0. The van der Waals surface area contributed by atoms with E-state index in [1.165, 1.54) is 122 Å². The van der Waals surface area contributed by atoms with Crippen molar-refractivity contribution < 1.29 is 9.85 Å². The summed E-state index contributed by atoms with van der Waals surface area (Å²) in [5, 5.41) is 24.8. The number of rotatable bonds is 5. The van der Waals surface area contributed by atoms with Crippen molar-refractivity contribution in [3.8, 4) is 0 Å². The van der Waals surface area contributed by atoms with Crippen LogP contribution in [0.1, 0.15) is 77.0 Å². The summed E-state index contributed by atoms with van der Waals surface area (Å²) in [5.74, 6) is 0. The first-order chi connectivity index (χ1) is 29.9. The maximum Gasteiger partial charge on any atom is 0.269 e. The van der Waals surface area contributed by atoms with Crippen LogP contribution in [0.25, 0.3) is 0 Å². The van der Waals surface area contributed by atoms with Crippen LogP contribution in [0.4, 0.5) is 34.1 Å². The Kier molecular flexibility index (Phi) is 17.8.